The number of hydrogen-bond acceptors (Lipinski definition) is 7. The van der Waals surface area contributed by atoms with Gasteiger partial charge in [0, 0.05) is 16.0 Å². The predicted octanol–water partition coefficient (Wildman–Crippen LogP) is 4.74. The molecule has 0 unspecified atom stereocenters. The van der Waals surface area contributed by atoms with Crippen molar-refractivity contribution in [2.75, 3.05) is 18.2 Å². The van der Waals surface area contributed by atoms with Gasteiger partial charge < -0.3 is 15.8 Å². The topological polar surface area (TPSA) is 94.3 Å². The van der Waals surface area contributed by atoms with E-state index in [2.05, 4.69) is 11.4 Å². The molecule has 5 rings (SSSR count). The van der Waals surface area contributed by atoms with Crippen LogP contribution in [0, 0.1) is 0 Å². The number of thiophene rings is 2. The van der Waals surface area contributed by atoms with Crippen LogP contribution in [-0.2, 0) is 30.4 Å². The van der Waals surface area contributed by atoms with Crippen LogP contribution >= 0.6 is 22.7 Å². The van der Waals surface area contributed by atoms with Gasteiger partial charge in [-0.1, -0.05) is 0 Å². The molecule has 0 fully saturated rings. The third-order valence-corrected chi connectivity index (χ3v) is 8.31. The molecule has 156 valence electrons. The average molecular weight is 442 g/mol. The highest BCUT2D eigenvalue weighted by Crippen LogP contribution is 2.40. The third kappa shape index (κ3) is 3.18. The van der Waals surface area contributed by atoms with Gasteiger partial charge in [0.1, 0.15) is 14.7 Å². The second-order valence-corrected chi connectivity index (χ2v) is 9.96. The molecule has 3 N–H and O–H groups in total. The number of nitrogens with one attached hydrogen (secondary N) is 1. The number of pyridine rings is 1. The average Bonchev–Trinajstić information content (AvgIpc) is 3.28. The molecule has 0 saturated carbocycles. The maximum Gasteiger partial charge on any atom is 0.341 e. The molecule has 0 saturated heterocycles. The first-order chi connectivity index (χ1) is 14.6. The van der Waals surface area contributed by atoms with Gasteiger partial charge in [0.25, 0.3) is 5.91 Å². The molecule has 0 atom stereocenters. The number of nitrogen functional groups attached to an aromatic ring is 1. The Kier molecular flexibility index (Phi) is 4.99. The van der Waals surface area contributed by atoms with E-state index < -0.39 is 5.97 Å². The van der Waals surface area contributed by atoms with E-state index in [1.54, 1.807) is 0 Å². The number of aryl methyl sites for hydroxylation is 3. The second kappa shape index (κ2) is 7.67. The standard InChI is InChI=1S/C22H23N3O3S2/c1-28-22(27)16-12-7-3-5-9-15(12)29-21(16)25-19(26)18-17(23)13-10-11-6-2-4-8-14(11)24-20(13)30-18/h10H,2-9,23H2,1H3,(H,25,26). The van der Waals surface area contributed by atoms with Crippen LogP contribution in [0.3, 0.4) is 0 Å². The fraction of sp³-hybridized carbons (Fsp3) is 0.409. The number of nitrogens with zero attached hydrogens (tertiary/aromatic N) is 1. The van der Waals surface area contributed by atoms with Crippen molar-refractivity contribution in [3.8, 4) is 0 Å². The summed E-state index contributed by atoms with van der Waals surface area (Å²) < 4.78 is 5.00. The van der Waals surface area contributed by atoms with Gasteiger partial charge in [-0.15, -0.1) is 22.7 Å². The van der Waals surface area contributed by atoms with E-state index in [-0.39, 0.29) is 5.91 Å². The molecule has 6 nitrogen and oxygen atoms in total. The lowest BCUT2D eigenvalue weighted by molar-refractivity contribution is 0.0601. The molecule has 30 heavy (non-hydrogen) atoms. The highest BCUT2D eigenvalue weighted by molar-refractivity contribution is 7.21. The van der Waals surface area contributed by atoms with Crippen molar-refractivity contribution in [1.29, 1.82) is 0 Å². The van der Waals surface area contributed by atoms with Gasteiger partial charge in [-0.05, 0) is 68.6 Å². The molecule has 2 aliphatic rings. The monoisotopic (exact) mass is 441 g/mol. The largest absolute Gasteiger partial charge is 0.465 e. The molecule has 0 aromatic carbocycles. The van der Waals surface area contributed by atoms with Crippen LogP contribution in [0.1, 0.15) is 67.4 Å². The van der Waals surface area contributed by atoms with E-state index in [0.29, 0.717) is 21.1 Å². The minimum absolute atomic E-state index is 0.294. The lowest BCUT2D eigenvalue weighted by Gasteiger charge is -2.14. The molecule has 3 heterocycles. The Morgan fingerprint density at radius 3 is 2.70 bits per heavy atom. The van der Waals surface area contributed by atoms with Gasteiger partial charge >= 0.3 is 5.97 Å². The van der Waals surface area contributed by atoms with Gasteiger partial charge in [0.15, 0.2) is 0 Å². The lowest BCUT2D eigenvalue weighted by atomic mass is 9.95. The van der Waals surface area contributed by atoms with E-state index in [9.17, 15) is 9.59 Å². The van der Waals surface area contributed by atoms with Gasteiger partial charge in [-0.3, -0.25) is 4.79 Å². The van der Waals surface area contributed by atoms with E-state index in [4.69, 9.17) is 15.5 Å². The van der Waals surface area contributed by atoms with Crippen LogP contribution in [-0.4, -0.2) is 24.0 Å². The van der Waals surface area contributed by atoms with Gasteiger partial charge in [-0.25, -0.2) is 9.78 Å². The zero-order valence-electron chi connectivity index (χ0n) is 16.8. The van der Waals surface area contributed by atoms with Gasteiger partial charge in [0.05, 0.1) is 18.4 Å². The Hall–Kier alpha value is -2.45. The van der Waals surface area contributed by atoms with E-state index >= 15 is 0 Å². The molecule has 3 aromatic rings. The van der Waals surface area contributed by atoms with Gasteiger partial charge in [0.2, 0.25) is 0 Å². The quantitative estimate of drug-likeness (QED) is 0.573. The lowest BCUT2D eigenvalue weighted by Crippen LogP contribution is -2.15. The smallest absolute Gasteiger partial charge is 0.341 e. The Labute approximate surface area is 182 Å². The number of methoxy groups -OCH3 is 1. The molecule has 1 amide bonds. The Balaban J connectivity index is 1.51. The molecule has 0 spiro atoms. The SMILES string of the molecule is COC(=O)c1c(NC(=O)c2sc3nc4c(cc3c2N)CCCC4)sc2c1CCCC2. The summed E-state index contributed by atoms with van der Waals surface area (Å²) >= 11 is 2.80. The van der Waals surface area contributed by atoms with Crippen LogP contribution in [0.5, 0.6) is 0 Å². The fourth-order valence-corrected chi connectivity index (χ4v) is 6.72. The summed E-state index contributed by atoms with van der Waals surface area (Å²) in [5.74, 6) is -0.694. The summed E-state index contributed by atoms with van der Waals surface area (Å²) in [6.45, 7) is 0. The highest BCUT2D eigenvalue weighted by atomic mass is 32.1. The maximum absolute atomic E-state index is 13.1. The number of esters is 1. The predicted molar refractivity (Wildman–Crippen MR) is 121 cm³/mol. The van der Waals surface area contributed by atoms with Crippen molar-refractivity contribution in [3.05, 3.63) is 38.2 Å². The number of carbonyl (C=O) groups is 2. The molecule has 0 radical (unpaired) electrons. The van der Waals surface area contributed by atoms with Crippen molar-refractivity contribution < 1.29 is 14.3 Å². The van der Waals surface area contributed by atoms with Crippen molar-refractivity contribution in [1.82, 2.24) is 4.98 Å². The number of carbonyl (C=O) groups excluding carboxylic acids is 2. The van der Waals surface area contributed by atoms with Crippen LogP contribution in [0.15, 0.2) is 6.07 Å². The van der Waals surface area contributed by atoms with Gasteiger partial charge in [-0.2, -0.15) is 0 Å². The Bertz CT molecular complexity index is 1180. The van der Waals surface area contributed by atoms with E-state index in [0.717, 1.165) is 77.7 Å². The third-order valence-electron chi connectivity index (χ3n) is 5.99. The minimum atomic E-state index is -0.400. The maximum atomic E-state index is 13.1. The van der Waals surface area contributed by atoms with E-state index in [1.807, 2.05) is 0 Å². The van der Waals surface area contributed by atoms with Crippen LogP contribution in [0.25, 0.3) is 10.2 Å². The van der Waals surface area contributed by atoms with Crippen LogP contribution in [0.2, 0.25) is 0 Å². The number of rotatable bonds is 3. The number of anilines is 2. The number of aromatic nitrogens is 1. The summed E-state index contributed by atoms with van der Waals surface area (Å²) in [5.41, 5.74) is 10.7. The number of fused-ring (bicyclic) bond motifs is 3. The first-order valence-electron chi connectivity index (χ1n) is 10.3. The summed E-state index contributed by atoms with van der Waals surface area (Å²) in [6.07, 6.45) is 8.22. The summed E-state index contributed by atoms with van der Waals surface area (Å²) in [6, 6.07) is 2.10. The molecule has 2 aliphatic carbocycles. The van der Waals surface area contributed by atoms with Crippen molar-refractivity contribution >= 4 is 55.5 Å². The molecule has 3 aromatic heterocycles. The zero-order chi connectivity index (χ0) is 20.8. The molecule has 0 bridgehead atoms. The Morgan fingerprint density at radius 2 is 1.87 bits per heavy atom. The number of ether oxygens (including phenoxy) is 1. The minimum Gasteiger partial charge on any atom is -0.465 e. The van der Waals surface area contributed by atoms with E-state index in [1.165, 1.54) is 35.3 Å². The fourth-order valence-electron chi connectivity index (χ4n) is 4.46. The summed E-state index contributed by atoms with van der Waals surface area (Å²) in [7, 11) is 1.37. The normalized spacial score (nSPS) is 15.5. The van der Waals surface area contributed by atoms with Crippen molar-refractivity contribution in [3.63, 3.8) is 0 Å². The highest BCUT2D eigenvalue weighted by Gasteiger charge is 2.28. The number of hydrogen-bond donors (Lipinski definition) is 2. The first-order valence-corrected chi connectivity index (χ1v) is 11.9. The summed E-state index contributed by atoms with van der Waals surface area (Å²) in [4.78, 5) is 32.8. The molecular weight excluding hydrogens is 418 g/mol. The van der Waals surface area contributed by atoms with Crippen LogP contribution in [0.4, 0.5) is 10.7 Å². The Morgan fingerprint density at radius 1 is 1.10 bits per heavy atom. The molecule has 0 aliphatic heterocycles. The summed E-state index contributed by atoms with van der Waals surface area (Å²) in [5, 5.41) is 4.36. The van der Waals surface area contributed by atoms with Crippen LogP contribution < -0.4 is 11.1 Å². The van der Waals surface area contributed by atoms with Crippen molar-refractivity contribution in [2.45, 2.75) is 51.4 Å². The second-order valence-electron chi connectivity index (χ2n) is 7.86. The molecular formula is C22H23N3O3S2. The zero-order valence-corrected chi connectivity index (χ0v) is 18.4. The number of amides is 1. The first kappa shape index (κ1) is 19.5. The van der Waals surface area contributed by atoms with Crippen molar-refractivity contribution in [2.24, 2.45) is 0 Å². The number of nitrogens with two attached hydrogens (primary N) is 1. The molecule has 8 heteroatoms.